The van der Waals surface area contributed by atoms with Crippen LogP contribution in [0.25, 0.3) is 11.0 Å². The van der Waals surface area contributed by atoms with Crippen molar-refractivity contribution >= 4 is 22.6 Å². The number of rotatable bonds is 7. The van der Waals surface area contributed by atoms with E-state index in [0.717, 1.165) is 92.9 Å². The van der Waals surface area contributed by atoms with Gasteiger partial charge in [-0.1, -0.05) is 59.1 Å². The lowest BCUT2D eigenvalue weighted by Gasteiger charge is -2.76. The summed E-state index contributed by atoms with van der Waals surface area (Å²) in [4.78, 5) is 40.0. The highest BCUT2D eigenvalue weighted by molar-refractivity contribution is 6.02. The van der Waals surface area contributed by atoms with Crippen LogP contribution in [0.2, 0.25) is 0 Å². The second-order valence-electron chi connectivity index (χ2n) is 31.6. The van der Waals surface area contributed by atoms with E-state index in [1.54, 1.807) is 0 Å². The van der Waals surface area contributed by atoms with Crippen LogP contribution in [0.5, 0.6) is 0 Å². The number of ketones is 2. The molecular weight excluding hydrogens is 1020 g/mol. The van der Waals surface area contributed by atoms with Gasteiger partial charge in [-0.3, -0.25) is 9.59 Å². The monoisotopic (exact) mass is 1110 g/mol. The maximum atomic E-state index is 16.4. The molecule has 12 aliphatic rings. The molecule has 3 aliphatic heterocycles. The second kappa shape index (κ2) is 17.9. The van der Waals surface area contributed by atoms with Crippen LogP contribution in [0.4, 0.5) is 0 Å². The average Bonchev–Trinajstić information content (AvgIpc) is 1.12. The Morgan fingerprint density at radius 1 is 0.866 bits per heavy atom. The van der Waals surface area contributed by atoms with Crippen molar-refractivity contribution in [2.45, 2.75) is 243 Å². The molecule has 0 radical (unpaired) electrons. The Morgan fingerprint density at radius 2 is 1.67 bits per heavy atom. The Kier molecular flexibility index (Phi) is 11.7. The van der Waals surface area contributed by atoms with E-state index in [9.17, 15) is 15.3 Å². The number of Topliss-reactive ketones (excluding diaryl/α,β-unsaturated/α-hetero) is 2. The van der Waals surface area contributed by atoms with Gasteiger partial charge >= 0.3 is 0 Å². The summed E-state index contributed by atoms with van der Waals surface area (Å²) in [7, 11) is 2.09. The zero-order valence-electron chi connectivity index (χ0n) is 50.4. The predicted molar refractivity (Wildman–Crippen MR) is 317 cm³/mol. The molecular formula is C71H94N4O7. The van der Waals surface area contributed by atoms with Gasteiger partial charge < -0.3 is 44.6 Å². The van der Waals surface area contributed by atoms with Gasteiger partial charge in [0, 0.05) is 98.1 Å². The Morgan fingerprint density at radius 3 is 2.46 bits per heavy atom. The van der Waals surface area contributed by atoms with E-state index in [4.69, 9.17) is 9.47 Å². The number of hydrogen-bond donors (Lipinski definition) is 6. The number of benzene rings is 1. The molecule has 9 aliphatic carbocycles. The largest absolute Gasteiger partial charge is 0.392 e. The number of fused-ring (bicyclic) bond motifs is 12. The molecule has 6 N–H and O–H groups in total. The third kappa shape index (κ3) is 6.93. The number of carbonyl (C=O) groups is 2. The van der Waals surface area contributed by atoms with Crippen LogP contribution in [-0.2, 0) is 50.5 Å². The van der Waals surface area contributed by atoms with Crippen molar-refractivity contribution in [2.24, 2.45) is 56.2 Å². The fraction of sp³-hybridized carbons (Fsp3) is 0.718. The van der Waals surface area contributed by atoms with E-state index < -0.39 is 50.5 Å². The summed E-state index contributed by atoms with van der Waals surface area (Å²) in [6.07, 6.45) is 25.0. The molecule has 11 heteroatoms. The van der Waals surface area contributed by atoms with Gasteiger partial charge in [-0.05, 0) is 219 Å². The van der Waals surface area contributed by atoms with Gasteiger partial charge in [0.1, 0.15) is 11.9 Å². The first-order chi connectivity index (χ1) is 39.2. The highest BCUT2D eigenvalue weighted by Crippen LogP contribution is 2.84. The molecule has 440 valence electrons. The van der Waals surface area contributed by atoms with Gasteiger partial charge in [0.05, 0.1) is 40.4 Å². The fourth-order valence-corrected chi connectivity index (χ4v) is 24.1. The number of ether oxygens (including phenoxy) is 2. The maximum absolute atomic E-state index is 16.4. The van der Waals surface area contributed by atoms with Crippen molar-refractivity contribution in [3.8, 4) is 0 Å². The highest BCUT2D eigenvalue weighted by atomic mass is 16.6. The molecule has 11 nitrogen and oxygen atoms in total. The van der Waals surface area contributed by atoms with Crippen LogP contribution in [0.3, 0.4) is 0 Å². The van der Waals surface area contributed by atoms with Gasteiger partial charge in [-0.15, -0.1) is 0 Å². The van der Waals surface area contributed by atoms with Crippen molar-refractivity contribution in [1.82, 2.24) is 19.9 Å². The van der Waals surface area contributed by atoms with Gasteiger partial charge in [-0.2, -0.15) is 0 Å². The molecule has 82 heavy (non-hydrogen) atoms. The SMILES string of the molecule is CN[C@H]1CCC[C@@]2(C1)C(=O)[C@@H]1c3cc[nH]c3[C@@H]3CC[C@]1(C3)[C@@]1(C)[C@H]3[C@H](O)[C@@H]4Cn5cc(Cc6cc7c(c(C8(O)CCOCC8)c6)CC[C@@H]6CCCC[C@H]76)c6[nH]cc(c65)CC[C@@](C)(C[C@@H](O)[C@H]5OC5(C)C)C5=C4[C@](C)(CC5=O)[C@@]3(C)CC[C@@H]21. The molecule has 17 atom stereocenters. The molecule has 8 fully saturated rings. The van der Waals surface area contributed by atoms with Crippen LogP contribution in [0.1, 0.15) is 226 Å². The Hall–Kier alpha value is -3.84. The number of carbonyl (C=O) groups excluding carboxylic acids is 2. The topological polar surface area (TPSA) is 165 Å². The number of aryl methyl sites for hydroxylation is 1. The van der Waals surface area contributed by atoms with E-state index >= 15 is 9.59 Å². The van der Waals surface area contributed by atoms with E-state index in [1.165, 1.54) is 76.7 Å². The first kappa shape index (κ1) is 53.6. The summed E-state index contributed by atoms with van der Waals surface area (Å²) < 4.78 is 14.6. The summed E-state index contributed by atoms with van der Waals surface area (Å²) in [5.74, 6) is 1.56. The zero-order chi connectivity index (χ0) is 56.5. The maximum Gasteiger partial charge on any atom is 0.160 e. The summed E-state index contributed by atoms with van der Waals surface area (Å²) >= 11 is 0. The van der Waals surface area contributed by atoms with E-state index in [-0.39, 0.29) is 47.0 Å². The van der Waals surface area contributed by atoms with E-state index in [0.29, 0.717) is 81.8 Å². The van der Waals surface area contributed by atoms with Crippen LogP contribution in [0.15, 0.2) is 47.9 Å². The third-order valence-electron chi connectivity index (χ3n) is 27.9. The lowest BCUT2D eigenvalue weighted by Crippen LogP contribution is -2.75. The zero-order valence-corrected chi connectivity index (χ0v) is 50.4. The van der Waals surface area contributed by atoms with Crippen molar-refractivity contribution < 1.29 is 34.4 Å². The summed E-state index contributed by atoms with van der Waals surface area (Å²) in [5, 5.41) is 43.5. The summed E-state index contributed by atoms with van der Waals surface area (Å²) in [6.45, 7) is 15.6. The first-order valence-corrected chi connectivity index (χ1v) is 33.1. The van der Waals surface area contributed by atoms with Gasteiger partial charge in [0.2, 0.25) is 0 Å². The number of aliphatic hydroxyl groups is 3. The van der Waals surface area contributed by atoms with Crippen LogP contribution in [-0.4, -0.2) is 91.6 Å². The van der Waals surface area contributed by atoms with Crippen molar-refractivity contribution in [3.05, 3.63) is 92.6 Å². The van der Waals surface area contributed by atoms with Crippen LogP contribution < -0.4 is 5.32 Å². The number of allylic oxidation sites excluding steroid dienone is 1. The van der Waals surface area contributed by atoms with Crippen molar-refractivity contribution in [3.63, 3.8) is 0 Å². The van der Waals surface area contributed by atoms with Gasteiger partial charge in [0.25, 0.3) is 0 Å². The molecule has 0 amide bonds. The Balaban J connectivity index is 0.879. The molecule has 1 aromatic carbocycles. The molecule has 6 heterocycles. The molecule has 6 saturated carbocycles. The predicted octanol–water partition coefficient (Wildman–Crippen LogP) is 12.1. The number of aromatic nitrogens is 3. The number of H-pyrrole nitrogens is 2. The quantitative estimate of drug-likeness (QED) is 0.0996. The van der Waals surface area contributed by atoms with Crippen LogP contribution >= 0.6 is 0 Å². The number of aliphatic hydroxyl groups excluding tert-OH is 2. The van der Waals surface area contributed by atoms with E-state index in [2.05, 4.69) is 105 Å². The third-order valence-corrected chi connectivity index (χ3v) is 27.9. The normalized spacial score (nSPS) is 43.3. The fourth-order valence-electron chi connectivity index (χ4n) is 24.1. The molecule has 16 rings (SSSR count). The number of hydrogen-bond acceptors (Lipinski definition) is 8. The molecule has 3 aromatic heterocycles. The first-order valence-electron chi connectivity index (χ1n) is 33.1. The molecule has 2 spiro atoms. The number of nitrogens with zero attached hydrogens (tertiary/aromatic N) is 1. The number of epoxide rings is 1. The van der Waals surface area contributed by atoms with Crippen molar-refractivity contribution in [2.75, 3.05) is 20.3 Å². The standard InChI is InChI=1S/C71H94N4O7/c1-64(2)63(82-64)52(77)34-65(3)21-16-42-36-74-58-43(29-39-30-48-45-13-9-8-11-40(45)14-15-46(48)50(31-39)71(80)24-27-81-28-25-71)37-75(59(42)58)38-49-54-56(65)51(76)35-67(54,5)66(4)22-18-53-68(6,61(66)60(49)78)70-23-17-41(32-70)57-47(19-26-73-57)55(70)62(79)69(53)20-10-12-44(33-69)72-7/h19,26,30-31,36-37,40-41,44-45,49,52-53,55,60-61,63,72-74,77-78,80H,8-18,20-25,27-29,32-35,38H2,1-7H3/t40-,41+,44-,45-,49+,52+,53+,55-,60+,61-,63+,65-,66-,67-,68+,69-,70+/m0/s1. The molecule has 4 aromatic rings. The van der Waals surface area contributed by atoms with Crippen molar-refractivity contribution in [1.29, 1.82) is 0 Å². The minimum absolute atomic E-state index is 0.102. The Labute approximate surface area is 486 Å². The molecule has 2 saturated heterocycles. The molecule has 0 unspecified atom stereocenters. The second-order valence-corrected chi connectivity index (χ2v) is 31.6. The summed E-state index contributed by atoms with van der Waals surface area (Å²) in [5.41, 5.74) is 10.2. The van der Waals surface area contributed by atoms with E-state index in [1.807, 2.05) is 0 Å². The smallest absolute Gasteiger partial charge is 0.160 e. The number of nitrogens with one attached hydrogen (secondary N) is 3. The Bertz CT molecular complexity index is 3350. The highest BCUT2D eigenvalue weighted by Gasteiger charge is 2.81. The van der Waals surface area contributed by atoms with Gasteiger partial charge in [0.15, 0.2) is 5.78 Å². The van der Waals surface area contributed by atoms with Crippen LogP contribution in [0, 0.1) is 56.2 Å². The number of aromatic amines is 2. The van der Waals surface area contributed by atoms with Gasteiger partial charge in [-0.25, -0.2) is 0 Å². The lowest BCUT2D eigenvalue weighted by molar-refractivity contribution is -0.271. The minimum Gasteiger partial charge on any atom is -0.392 e. The average molecular weight is 1120 g/mol. The summed E-state index contributed by atoms with van der Waals surface area (Å²) in [6, 6.07) is 7.45. The molecule has 2 bridgehead atoms. The minimum atomic E-state index is -0.911. The lowest BCUT2D eigenvalue weighted by atomic mass is 9.27.